The van der Waals surface area contributed by atoms with E-state index in [9.17, 15) is 14.7 Å². The molecule has 0 atom stereocenters. The summed E-state index contributed by atoms with van der Waals surface area (Å²) in [6, 6.07) is 14.9. The number of amides is 1. The van der Waals surface area contributed by atoms with Crippen LogP contribution in [-0.4, -0.2) is 52.2 Å². The predicted molar refractivity (Wildman–Crippen MR) is 170 cm³/mol. The van der Waals surface area contributed by atoms with E-state index in [1.165, 1.54) is 27.6 Å². The topological polar surface area (TPSA) is 73.2 Å². The Bertz CT molecular complexity index is 1540. The number of nitrogens with zero attached hydrogens (tertiary/aromatic N) is 3. The Morgan fingerprint density at radius 1 is 1.11 bits per heavy atom. The van der Waals surface area contributed by atoms with E-state index in [1.807, 2.05) is 12.1 Å². The van der Waals surface area contributed by atoms with Crippen molar-refractivity contribution in [1.29, 1.82) is 0 Å². The Kier molecular flexibility index (Phi) is 7.42. The van der Waals surface area contributed by atoms with Crippen LogP contribution in [0, 0.1) is 0 Å². The first-order valence-electron chi connectivity index (χ1n) is 12.5. The molecule has 0 unspecified atom stereocenters. The molecule has 0 saturated carbocycles. The Morgan fingerprint density at radius 2 is 1.82 bits per heavy atom. The molecule has 6 nitrogen and oxygen atoms in total. The molecule has 5 rings (SSSR count). The number of para-hydroxylation sites is 1. The Hall–Kier alpha value is -3.04. The molecule has 1 N–H and O–H groups in total. The molecule has 188 valence electrons. The number of carbonyl (C=O) groups excluding carboxylic acids is 1. The van der Waals surface area contributed by atoms with Gasteiger partial charge in [-0.1, -0.05) is 79.3 Å². The second-order valence-electron chi connectivity index (χ2n) is 9.47. The molecule has 0 aliphatic carbocycles. The van der Waals surface area contributed by atoms with Crippen LogP contribution < -0.4 is 26.3 Å². The van der Waals surface area contributed by atoms with Gasteiger partial charge in [-0.2, -0.15) is 10.1 Å². The number of carboxylic acids is 1. The van der Waals surface area contributed by atoms with E-state index in [0.29, 0.717) is 5.69 Å². The van der Waals surface area contributed by atoms with Crippen LogP contribution in [0.4, 0.5) is 17.1 Å². The number of hydrogen-bond donors (Lipinski definition) is 1. The van der Waals surface area contributed by atoms with Crippen molar-refractivity contribution >= 4 is 112 Å². The number of fused-ring (bicyclic) bond motifs is 1. The van der Waals surface area contributed by atoms with Crippen LogP contribution in [0.25, 0.3) is 6.08 Å². The molecule has 3 aromatic carbocycles. The van der Waals surface area contributed by atoms with Crippen molar-refractivity contribution in [3.05, 3.63) is 74.2 Å². The van der Waals surface area contributed by atoms with E-state index in [0.717, 1.165) is 51.9 Å². The largest absolute Gasteiger partial charge is 0.476 e. The highest BCUT2D eigenvalue weighted by molar-refractivity contribution is 9.13. The zero-order valence-electron chi connectivity index (χ0n) is 21.4. The number of carbonyl (C=O) groups is 2. The number of benzene rings is 3. The first-order valence-corrected chi connectivity index (χ1v) is 14.1. The molecule has 2 aliphatic heterocycles. The maximum Gasteiger partial charge on any atom is 0.357 e. The Morgan fingerprint density at radius 3 is 2.50 bits per heavy atom. The van der Waals surface area contributed by atoms with Gasteiger partial charge in [-0.15, -0.1) is 0 Å². The Labute approximate surface area is 241 Å². The number of hydrazone groups is 1. The number of rotatable bonds is 5. The summed E-state index contributed by atoms with van der Waals surface area (Å²) >= 11 is 7.53. The Balaban J connectivity index is 1.55. The van der Waals surface area contributed by atoms with Gasteiger partial charge in [-0.25, -0.2) is 4.79 Å². The number of aryl methyl sites for hydroxylation is 1. The van der Waals surface area contributed by atoms with E-state index in [-0.39, 0.29) is 11.3 Å². The van der Waals surface area contributed by atoms with Gasteiger partial charge in [0, 0.05) is 26.9 Å². The summed E-state index contributed by atoms with van der Waals surface area (Å²) in [5, 5.41) is 15.0. The SMILES string of the molecule is Bc1c(Br)c(Br)c(B)c(N2CCCc3cc(/C=C4\C(=O)N(c5ccccc5)N=C4C(=O)O)ccc32)c1BC. The van der Waals surface area contributed by atoms with Crippen molar-refractivity contribution in [3.63, 3.8) is 0 Å². The third kappa shape index (κ3) is 4.56. The third-order valence-corrected chi connectivity index (χ3v) is 9.70. The monoisotopic (exact) mass is 629 g/mol. The molecule has 0 radical (unpaired) electrons. The average molecular weight is 631 g/mol. The highest BCUT2D eigenvalue weighted by Gasteiger charge is 2.35. The minimum absolute atomic E-state index is 0.0746. The zero-order valence-corrected chi connectivity index (χ0v) is 24.6. The second kappa shape index (κ2) is 10.6. The first kappa shape index (κ1) is 26.6. The van der Waals surface area contributed by atoms with Gasteiger partial charge in [0.25, 0.3) is 5.91 Å². The minimum atomic E-state index is -1.23. The molecule has 0 saturated heterocycles. The van der Waals surface area contributed by atoms with Crippen molar-refractivity contribution in [1.82, 2.24) is 0 Å². The van der Waals surface area contributed by atoms with Crippen molar-refractivity contribution in [2.75, 3.05) is 16.5 Å². The normalized spacial score (nSPS) is 16.0. The van der Waals surface area contributed by atoms with Gasteiger partial charge >= 0.3 is 5.97 Å². The molecule has 2 heterocycles. The van der Waals surface area contributed by atoms with E-state index in [1.54, 1.807) is 30.3 Å². The first-order chi connectivity index (χ1) is 18.2. The second-order valence-corrected chi connectivity index (χ2v) is 11.1. The van der Waals surface area contributed by atoms with Gasteiger partial charge < -0.3 is 10.0 Å². The van der Waals surface area contributed by atoms with Crippen LogP contribution in [0.15, 0.2) is 68.2 Å². The molecule has 0 spiro atoms. The van der Waals surface area contributed by atoms with Crippen molar-refractivity contribution in [3.8, 4) is 0 Å². The minimum Gasteiger partial charge on any atom is -0.476 e. The molecule has 0 fully saturated rings. The molecular weight excluding hydrogens is 607 g/mol. The van der Waals surface area contributed by atoms with Crippen molar-refractivity contribution in [2.45, 2.75) is 19.7 Å². The lowest BCUT2D eigenvalue weighted by atomic mass is 9.63. The number of anilines is 3. The number of hydrogen-bond acceptors (Lipinski definition) is 4. The molecule has 3 aromatic rings. The summed E-state index contributed by atoms with van der Waals surface area (Å²) in [6.07, 6.45) is 3.54. The van der Waals surface area contributed by atoms with Gasteiger partial charge in [-0.3, -0.25) is 4.79 Å². The van der Waals surface area contributed by atoms with E-state index >= 15 is 0 Å². The summed E-state index contributed by atoms with van der Waals surface area (Å²) in [4.78, 5) is 27.6. The van der Waals surface area contributed by atoms with Gasteiger partial charge in [0.1, 0.15) is 15.7 Å². The van der Waals surface area contributed by atoms with Crippen LogP contribution in [-0.2, 0) is 16.0 Å². The summed E-state index contributed by atoms with van der Waals surface area (Å²) in [7, 11) is 5.21. The van der Waals surface area contributed by atoms with Crippen LogP contribution in [0.3, 0.4) is 0 Å². The van der Waals surface area contributed by atoms with Gasteiger partial charge in [0.2, 0.25) is 0 Å². The maximum atomic E-state index is 13.2. The third-order valence-electron chi connectivity index (χ3n) is 7.18. The van der Waals surface area contributed by atoms with E-state index in [2.05, 4.69) is 76.5 Å². The zero-order chi connectivity index (χ0) is 27.1. The summed E-state index contributed by atoms with van der Waals surface area (Å²) < 4.78 is 2.16. The highest BCUT2D eigenvalue weighted by atomic mass is 79.9. The van der Waals surface area contributed by atoms with Crippen molar-refractivity contribution < 1.29 is 14.7 Å². The summed E-state index contributed by atoms with van der Waals surface area (Å²) in [5.74, 6) is -1.68. The van der Waals surface area contributed by atoms with Crippen LogP contribution >= 0.6 is 31.9 Å². The van der Waals surface area contributed by atoms with Gasteiger partial charge in [-0.05, 0) is 54.3 Å². The fourth-order valence-corrected chi connectivity index (χ4v) is 6.34. The summed E-state index contributed by atoms with van der Waals surface area (Å²) in [5.41, 5.74) is 8.41. The molecule has 0 aromatic heterocycles. The van der Waals surface area contributed by atoms with Crippen LogP contribution in [0.1, 0.15) is 17.5 Å². The fourth-order valence-electron chi connectivity index (χ4n) is 5.32. The smallest absolute Gasteiger partial charge is 0.357 e. The lowest BCUT2D eigenvalue weighted by Gasteiger charge is -2.36. The lowest BCUT2D eigenvalue weighted by molar-refractivity contribution is -0.129. The number of carboxylic acid groups (broad SMARTS) is 1. The molecule has 11 heteroatoms. The van der Waals surface area contributed by atoms with Crippen molar-refractivity contribution in [2.24, 2.45) is 5.10 Å². The fraction of sp³-hybridized carbons (Fsp3) is 0.148. The van der Waals surface area contributed by atoms with Crippen LogP contribution in [0.5, 0.6) is 0 Å². The molecule has 1 amide bonds. The summed E-state index contributed by atoms with van der Waals surface area (Å²) in [6.45, 7) is 3.10. The molecular formula is C27H24B3Br2N3O3. The van der Waals surface area contributed by atoms with E-state index in [4.69, 9.17) is 0 Å². The quantitative estimate of drug-likeness (QED) is 0.345. The lowest BCUT2D eigenvalue weighted by Crippen LogP contribution is -2.43. The molecule has 38 heavy (non-hydrogen) atoms. The standard InChI is InChI=1S/C27H24B3Br2N3O3/c1-30-21-19(28)22(31)23(32)20(29)25(21)34-11-5-6-15-12-14(9-10-18(15)34)13-17-24(27(37)38)33-35(26(17)36)16-7-3-2-4-8-16/h2-4,7-10,12-13,30H,5-6,11,28-29H2,1H3,(H,37,38)/b17-13-. The van der Waals surface area contributed by atoms with Gasteiger partial charge in [0.15, 0.2) is 13.0 Å². The van der Waals surface area contributed by atoms with E-state index < -0.39 is 11.9 Å². The molecule has 2 aliphatic rings. The number of aliphatic carboxylic acids is 1. The maximum absolute atomic E-state index is 13.2. The van der Waals surface area contributed by atoms with Gasteiger partial charge in [0.05, 0.1) is 11.3 Å². The average Bonchev–Trinajstić information content (AvgIpc) is 3.25. The molecule has 0 bridgehead atoms. The predicted octanol–water partition coefficient (Wildman–Crippen LogP) is 1.79. The highest BCUT2D eigenvalue weighted by Crippen LogP contribution is 2.35. The number of halogens is 2. The van der Waals surface area contributed by atoms with Crippen LogP contribution in [0.2, 0.25) is 6.82 Å².